The minimum atomic E-state index is -4.65. The standard InChI is InChI=1S/C13H8F6N6O/c14-12(15,16)4-25-10-8(9(20)22-5-23-10)11(24-25)26-7-3-6(1-2-21-7)13(17,18)19/h1-3,5H,4H2,(H2,20,22,23). The van der Waals surface area contributed by atoms with E-state index in [9.17, 15) is 26.3 Å². The van der Waals surface area contributed by atoms with Gasteiger partial charge < -0.3 is 10.5 Å². The molecule has 0 unspecified atom stereocenters. The van der Waals surface area contributed by atoms with E-state index in [1.807, 2.05) is 0 Å². The Balaban J connectivity index is 2.06. The zero-order valence-electron chi connectivity index (χ0n) is 12.5. The summed E-state index contributed by atoms with van der Waals surface area (Å²) in [6.07, 6.45) is -7.50. The largest absolute Gasteiger partial charge is 0.418 e. The van der Waals surface area contributed by atoms with Crippen molar-refractivity contribution in [3.63, 3.8) is 0 Å². The number of nitrogens with two attached hydrogens (primary N) is 1. The number of fused-ring (bicyclic) bond motifs is 1. The fourth-order valence-electron chi connectivity index (χ4n) is 2.09. The molecule has 0 atom stereocenters. The number of hydrogen-bond acceptors (Lipinski definition) is 6. The summed E-state index contributed by atoms with van der Waals surface area (Å²) in [6, 6.07) is 1.29. The number of aromatic nitrogens is 5. The highest BCUT2D eigenvalue weighted by Crippen LogP contribution is 2.34. The first-order valence-electron chi connectivity index (χ1n) is 6.79. The van der Waals surface area contributed by atoms with Crippen LogP contribution in [0.1, 0.15) is 5.56 Å². The van der Waals surface area contributed by atoms with E-state index in [0.29, 0.717) is 16.8 Å². The first-order chi connectivity index (χ1) is 12.0. The molecule has 0 aromatic carbocycles. The Hall–Kier alpha value is -3.12. The maximum absolute atomic E-state index is 12.7. The monoisotopic (exact) mass is 378 g/mol. The third-order valence-corrected chi connectivity index (χ3v) is 3.12. The molecule has 0 amide bonds. The summed E-state index contributed by atoms with van der Waals surface area (Å²) >= 11 is 0. The second kappa shape index (κ2) is 6.00. The lowest BCUT2D eigenvalue weighted by atomic mass is 10.2. The van der Waals surface area contributed by atoms with Crippen LogP contribution < -0.4 is 10.5 Å². The van der Waals surface area contributed by atoms with Crippen molar-refractivity contribution in [1.82, 2.24) is 24.7 Å². The SMILES string of the molecule is Nc1ncnc2c1c(Oc1cc(C(F)(F)F)ccn1)nn2CC(F)(F)F. The van der Waals surface area contributed by atoms with Crippen LogP contribution in [0, 0.1) is 0 Å². The van der Waals surface area contributed by atoms with Gasteiger partial charge in [-0.25, -0.2) is 19.6 Å². The maximum Gasteiger partial charge on any atom is 0.416 e. The molecule has 7 nitrogen and oxygen atoms in total. The minimum absolute atomic E-state index is 0.170. The predicted octanol–water partition coefficient (Wildman–Crippen LogP) is 3.18. The number of halogens is 6. The third-order valence-electron chi connectivity index (χ3n) is 3.12. The Labute approximate surface area is 140 Å². The van der Waals surface area contributed by atoms with E-state index < -0.39 is 36.2 Å². The third kappa shape index (κ3) is 3.60. The summed E-state index contributed by atoms with van der Waals surface area (Å²) in [5, 5.41) is 3.42. The van der Waals surface area contributed by atoms with Gasteiger partial charge in [-0.15, -0.1) is 5.10 Å². The van der Waals surface area contributed by atoms with Gasteiger partial charge in [-0.1, -0.05) is 0 Å². The van der Waals surface area contributed by atoms with Crippen molar-refractivity contribution in [1.29, 1.82) is 0 Å². The second-order valence-corrected chi connectivity index (χ2v) is 5.02. The van der Waals surface area contributed by atoms with Gasteiger partial charge in [0.05, 0.1) is 5.56 Å². The molecule has 2 N–H and O–H groups in total. The minimum Gasteiger partial charge on any atom is -0.418 e. The van der Waals surface area contributed by atoms with Crippen molar-refractivity contribution in [3.8, 4) is 11.8 Å². The molecule has 3 aromatic heterocycles. The van der Waals surface area contributed by atoms with Crippen LogP contribution in [0.5, 0.6) is 11.8 Å². The molecule has 3 aromatic rings. The predicted molar refractivity (Wildman–Crippen MR) is 75.1 cm³/mol. The van der Waals surface area contributed by atoms with Crippen LogP contribution >= 0.6 is 0 Å². The highest BCUT2D eigenvalue weighted by atomic mass is 19.4. The Morgan fingerprint density at radius 3 is 2.46 bits per heavy atom. The highest BCUT2D eigenvalue weighted by molar-refractivity contribution is 5.90. The summed E-state index contributed by atoms with van der Waals surface area (Å²) in [4.78, 5) is 10.9. The number of anilines is 1. The van der Waals surface area contributed by atoms with Crippen molar-refractivity contribution < 1.29 is 31.1 Å². The Bertz CT molecular complexity index is 950. The Morgan fingerprint density at radius 2 is 1.81 bits per heavy atom. The van der Waals surface area contributed by atoms with Crippen LogP contribution in [0.4, 0.5) is 32.2 Å². The summed E-state index contributed by atoms with van der Waals surface area (Å²) in [5.74, 6) is -1.26. The van der Waals surface area contributed by atoms with Gasteiger partial charge >= 0.3 is 12.4 Å². The molecule has 3 heterocycles. The van der Waals surface area contributed by atoms with Gasteiger partial charge in [0.1, 0.15) is 24.1 Å². The molecule has 0 radical (unpaired) electrons. The molecule has 0 bridgehead atoms. The van der Waals surface area contributed by atoms with E-state index in [1.54, 1.807) is 0 Å². The normalized spacial score (nSPS) is 12.5. The fraction of sp³-hybridized carbons (Fsp3) is 0.231. The number of nitrogens with zero attached hydrogens (tertiary/aromatic N) is 5. The lowest BCUT2D eigenvalue weighted by Crippen LogP contribution is -2.19. The van der Waals surface area contributed by atoms with Gasteiger partial charge in [-0.2, -0.15) is 26.3 Å². The van der Waals surface area contributed by atoms with Crippen LogP contribution in [0.25, 0.3) is 11.0 Å². The van der Waals surface area contributed by atoms with Crippen molar-refractivity contribution in [2.75, 3.05) is 5.73 Å². The maximum atomic E-state index is 12.7. The number of pyridine rings is 1. The molecule has 0 fully saturated rings. The topological polar surface area (TPSA) is 91.7 Å². The van der Waals surface area contributed by atoms with Crippen molar-refractivity contribution in [2.45, 2.75) is 18.9 Å². The summed E-state index contributed by atoms with van der Waals surface area (Å²) in [5.41, 5.74) is 4.29. The van der Waals surface area contributed by atoms with Gasteiger partial charge in [-0.3, -0.25) is 0 Å². The molecular formula is C13H8F6N6O. The molecule has 3 rings (SSSR count). The fourth-order valence-corrected chi connectivity index (χ4v) is 2.09. The van der Waals surface area contributed by atoms with Crippen molar-refractivity contribution >= 4 is 16.9 Å². The molecule has 0 saturated heterocycles. The summed E-state index contributed by atoms with van der Waals surface area (Å²) in [7, 11) is 0. The van der Waals surface area contributed by atoms with E-state index in [-0.39, 0.29) is 16.9 Å². The Kier molecular flexibility index (Phi) is 4.08. The van der Waals surface area contributed by atoms with Gasteiger partial charge in [-0.05, 0) is 6.07 Å². The van der Waals surface area contributed by atoms with Crippen LogP contribution in [-0.2, 0) is 12.7 Å². The molecule has 0 aliphatic heterocycles. The zero-order chi connectivity index (χ0) is 19.1. The Morgan fingerprint density at radius 1 is 1.08 bits per heavy atom. The van der Waals surface area contributed by atoms with E-state index in [1.165, 1.54) is 0 Å². The number of hydrogen-bond donors (Lipinski definition) is 1. The molecule has 0 aliphatic carbocycles. The summed E-state index contributed by atoms with van der Waals surface area (Å²) in [6.45, 7) is -1.50. The van der Waals surface area contributed by atoms with Gasteiger partial charge in [0.25, 0.3) is 5.88 Å². The quantitative estimate of drug-likeness (QED) is 0.704. The lowest BCUT2D eigenvalue weighted by molar-refractivity contribution is -0.142. The van der Waals surface area contributed by atoms with Crippen LogP contribution in [0.3, 0.4) is 0 Å². The second-order valence-electron chi connectivity index (χ2n) is 5.02. The number of alkyl halides is 6. The number of rotatable bonds is 3. The molecule has 0 saturated carbocycles. The van der Waals surface area contributed by atoms with E-state index >= 15 is 0 Å². The first-order valence-corrected chi connectivity index (χ1v) is 6.79. The van der Waals surface area contributed by atoms with Crippen molar-refractivity contribution in [2.24, 2.45) is 0 Å². The van der Waals surface area contributed by atoms with Crippen LogP contribution in [0.2, 0.25) is 0 Å². The molecule has 138 valence electrons. The first kappa shape index (κ1) is 17.7. The van der Waals surface area contributed by atoms with E-state index in [4.69, 9.17) is 10.5 Å². The smallest absolute Gasteiger partial charge is 0.416 e. The molecule has 26 heavy (non-hydrogen) atoms. The average molecular weight is 378 g/mol. The van der Waals surface area contributed by atoms with Crippen molar-refractivity contribution in [3.05, 3.63) is 30.2 Å². The lowest BCUT2D eigenvalue weighted by Gasteiger charge is -2.08. The molecule has 13 heteroatoms. The van der Waals surface area contributed by atoms with E-state index in [2.05, 4.69) is 20.1 Å². The van der Waals surface area contributed by atoms with Gasteiger partial charge in [0, 0.05) is 12.3 Å². The summed E-state index contributed by atoms with van der Waals surface area (Å²) < 4.78 is 81.9. The molecule has 0 aliphatic rings. The average Bonchev–Trinajstić information content (AvgIpc) is 2.84. The zero-order valence-corrected chi connectivity index (χ0v) is 12.5. The number of ether oxygens (including phenoxy) is 1. The van der Waals surface area contributed by atoms with Crippen LogP contribution in [0.15, 0.2) is 24.7 Å². The highest BCUT2D eigenvalue weighted by Gasteiger charge is 2.32. The van der Waals surface area contributed by atoms with Crippen LogP contribution in [-0.4, -0.2) is 30.9 Å². The van der Waals surface area contributed by atoms with E-state index in [0.717, 1.165) is 12.5 Å². The number of nitrogen functional groups attached to an aromatic ring is 1. The van der Waals surface area contributed by atoms with Gasteiger partial charge in [0.2, 0.25) is 5.88 Å². The molecule has 0 spiro atoms. The van der Waals surface area contributed by atoms with Gasteiger partial charge in [0.15, 0.2) is 5.65 Å². The molecular weight excluding hydrogens is 370 g/mol.